The van der Waals surface area contributed by atoms with E-state index < -0.39 is 70.8 Å². The Bertz CT molecular complexity index is 6000. The molecule has 0 aliphatic rings. The topological polar surface area (TPSA) is 199 Å². The Labute approximate surface area is 848 Å². The molecular weight excluding hydrogens is 1890 g/mol. The SMILES string of the molecule is Cc1cc(CN(CCCNCc2ccc(C(C)C)cc2)Cc2ccc(C(=O)O)cc2)cc(C(F)(F)F)c1.Cc1ccc(CN(CCCNCc2ccc(C(=O)O)cc2)Cc2cc(C)cc(C(F)(F)F)c2)cc1.Cc1ccc(CNCCCN(Cc2cc(C)cc(C(F)(F)F)c2)c2ccc(SCOC=O)cc2)cc1.Cc1ccc(CNCCCN(Cc2ccc(C(C)C(=O)O)cc2)Cc2cc(C)cc(C(F)(F)F)c2)cc1. The van der Waals surface area contributed by atoms with Crippen molar-refractivity contribution in [3.63, 3.8) is 0 Å². The Balaban J connectivity index is 0.000000215. The van der Waals surface area contributed by atoms with Gasteiger partial charge in [-0.2, -0.15) is 52.7 Å². The molecule has 0 bridgehead atoms. The largest absolute Gasteiger partial charge is 0.481 e. The van der Waals surface area contributed by atoms with Gasteiger partial charge < -0.3 is 46.2 Å². The molecule has 0 aromatic heterocycles. The number of carboxylic acid groups (broad SMARTS) is 3. The fraction of sp³-hybridized carbons (Fsp3) is 0.345. The number of nitrogens with zero attached hydrogens (tertiary/aromatic N) is 4. The number of carbonyl (C=O) groups is 4. The molecule has 1 atom stereocenters. The quantitative estimate of drug-likeness (QED) is 0.00624. The molecule has 0 radical (unpaired) electrons. The highest BCUT2D eigenvalue weighted by molar-refractivity contribution is 7.99. The third-order valence-corrected chi connectivity index (χ3v) is 24.9. The average molecular weight is 2030 g/mol. The lowest BCUT2D eigenvalue weighted by atomic mass is 10.00. The summed E-state index contributed by atoms with van der Waals surface area (Å²) >= 11 is 1.39. The lowest BCUT2D eigenvalue weighted by molar-refractivity contribution is -0.139. The summed E-state index contributed by atoms with van der Waals surface area (Å²) in [5.74, 6) is -2.70. The molecule has 0 fully saturated rings. The molecular formula is C116H132F12N8O8S. The van der Waals surface area contributed by atoms with Gasteiger partial charge in [0.05, 0.1) is 39.3 Å². The van der Waals surface area contributed by atoms with E-state index in [9.17, 15) is 77.0 Å². The maximum Gasteiger partial charge on any atom is 0.416 e. The molecule has 29 heteroatoms. The Kier molecular flexibility index (Phi) is 46.0. The van der Waals surface area contributed by atoms with Gasteiger partial charge in [-0.05, 0) is 283 Å². The minimum Gasteiger partial charge on any atom is -0.481 e. The third kappa shape index (κ3) is 42.3. The van der Waals surface area contributed by atoms with E-state index in [0.717, 1.165) is 122 Å². The van der Waals surface area contributed by atoms with E-state index in [-0.39, 0.29) is 17.1 Å². The van der Waals surface area contributed by atoms with Crippen LogP contribution in [0, 0.1) is 48.5 Å². The molecule has 0 saturated carbocycles. The first-order valence-electron chi connectivity index (χ1n) is 48.3. The summed E-state index contributed by atoms with van der Waals surface area (Å²) < 4.78 is 165. The first kappa shape index (κ1) is 116. The minimum absolute atomic E-state index is 0.203. The second-order valence-electron chi connectivity index (χ2n) is 37.2. The summed E-state index contributed by atoms with van der Waals surface area (Å²) in [7, 11) is 0. The molecule has 16 nitrogen and oxygen atoms in total. The van der Waals surface area contributed by atoms with E-state index >= 15 is 0 Å². The van der Waals surface area contributed by atoms with E-state index in [1.165, 1.54) is 87.6 Å². The number of aromatic carboxylic acids is 2. The summed E-state index contributed by atoms with van der Waals surface area (Å²) in [6, 6.07) is 78.8. The molecule has 0 spiro atoms. The molecule has 0 saturated heterocycles. The standard InChI is InChI=1S/2C30H35F3N2O2.C28H31F3N2O2S.C28H31F3N2O2/c1-21(2)26-9-5-23(6-10-26)18-34-13-4-14-35(19-24-7-11-27(12-8-24)29(36)37)20-25-15-22(3)16-28(17-25)30(31,32)33;1-21-5-7-24(8-6-21)18-34-13-4-14-35(19-25-9-11-27(12-10-25)23(3)29(36)37)20-26-15-22(2)16-28(17-26)30(31,32)33;1-21-4-6-23(7-5-21)17-32-12-3-13-33(26-8-10-27(11-9-26)36-20-35-19-34)18-24-14-22(2)15-25(16-24)28(29,30)31;1-20-4-6-23(7-5-20)18-33(19-24-14-21(2)15-26(16-24)28(29,30)31)13-3-12-32-17-22-8-10-25(11-9-22)27(34)35/h5-12,15-17,21,34H,4,13-14,18-20H2,1-3H3,(H,36,37);5-12,15-17,23,34H,4,13-14,18-20H2,1-3H3,(H,36,37);4-11,14-16,19,32H,3,12-13,17-18,20H2,1-2H3;4-11,14-16,32H,3,12-13,17-19H2,1-2H3,(H,34,35). The van der Waals surface area contributed by atoms with E-state index in [0.29, 0.717) is 135 Å². The van der Waals surface area contributed by atoms with Crippen LogP contribution in [0.25, 0.3) is 0 Å². The van der Waals surface area contributed by atoms with Crippen molar-refractivity contribution < 1.29 is 91.9 Å². The molecule has 0 amide bonds. The van der Waals surface area contributed by atoms with Crippen LogP contribution in [0.15, 0.2) is 272 Å². The number of carbonyl (C=O) groups excluding carboxylic acids is 1. The van der Waals surface area contributed by atoms with E-state index in [1.54, 1.807) is 101 Å². The van der Waals surface area contributed by atoms with Crippen molar-refractivity contribution >= 4 is 41.8 Å². The van der Waals surface area contributed by atoms with Gasteiger partial charge in [0.25, 0.3) is 6.47 Å². The maximum atomic E-state index is 13.4. The number of aryl methyl sites for hydroxylation is 7. The Morgan fingerprint density at radius 3 is 0.890 bits per heavy atom. The third-order valence-electron chi connectivity index (χ3n) is 24.1. The number of thioether (sulfide) groups is 1. The molecule has 1 unspecified atom stereocenters. The van der Waals surface area contributed by atoms with Crippen LogP contribution in [0.4, 0.5) is 58.4 Å². The van der Waals surface area contributed by atoms with Gasteiger partial charge >= 0.3 is 42.6 Å². The van der Waals surface area contributed by atoms with Crippen molar-refractivity contribution in [3.8, 4) is 0 Å². The second kappa shape index (κ2) is 57.5. The fourth-order valence-electron chi connectivity index (χ4n) is 16.4. The Morgan fingerprint density at radius 1 is 0.324 bits per heavy atom. The molecule has 0 heterocycles. The van der Waals surface area contributed by atoms with E-state index in [1.807, 2.05) is 73.7 Å². The number of alkyl halides is 12. The number of carboxylic acids is 3. The first-order chi connectivity index (χ1) is 68.9. The van der Waals surface area contributed by atoms with Crippen molar-refractivity contribution in [1.82, 2.24) is 36.0 Å². The van der Waals surface area contributed by atoms with Crippen molar-refractivity contribution in [1.29, 1.82) is 0 Å². The van der Waals surface area contributed by atoms with Gasteiger partial charge in [-0.25, -0.2) is 9.59 Å². The van der Waals surface area contributed by atoms with Crippen molar-refractivity contribution in [2.24, 2.45) is 0 Å². The van der Waals surface area contributed by atoms with Crippen LogP contribution in [0.3, 0.4) is 0 Å². The maximum absolute atomic E-state index is 13.4. The zero-order chi connectivity index (χ0) is 105. The molecule has 774 valence electrons. The lowest BCUT2D eigenvalue weighted by Gasteiger charge is -2.26. The van der Waals surface area contributed by atoms with E-state index in [4.69, 9.17) is 14.9 Å². The normalized spacial score (nSPS) is 11.9. The van der Waals surface area contributed by atoms with Gasteiger partial charge in [0.15, 0.2) is 0 Å². The summed E-state index contributed by atoms with van der Waals surface area (Å²) in [6.45, 7) is 31.2. The number of hydrogen-bond acceptors (Lipinski definition) is 14. The molecule has 12 aromatic rings. The van der Waals surface area contributed by atoms with Crippen LogP contribution in [0.5, 0.6) is 0 Å². The zero-order valence-electron chi connectivity index (χ0n) is 83.7. The van der Waals surface area contributed by atoms with Gasteiger partial charge in [-0.15, -0.1) is 0 Å². The molecule has 12 rings (SSSR count). The number of hydrogen-bond donors (Lipinski definition) is 7. The first-order valence-corrected chi connectivity index (χ1v) is 49.3. The number of aliphatic carboxylic acids is 1. The van der Waals surface area contributed by atoms with Crippen LogP contribution in [-0.2, 0) is 111 Å². The summed E-state index contributed by atoms with van der Waals surface area (Å²) in [5.41, 5.74) is 16.9. The number of rotatable bonds is 48. The Hall–Kier alpha value is -12.5. The molecule has 145 heavy (non-hydrogen) atoms. The lowest BCUT2D eigenvalue weighted by Crippen LogP contribution is -2.27. The van der Waals surface area contributed by atoms with Gasteiger partial charge in [-0.1, -0.05) is 234 Å². The molecule has 0 aliphatic carbocycles. The predicted octanol–water partition coefficient (Wildman–Crippen LogP) is 26.6. The van der Waals surface area contributed by atoms with Crippen LogP contribution >= 0.6 is 11.8 Å². The van der Waals surface area contributed by atoms with Gasteiger partial charge in [0.1, 0.15) is 5.94 Å². The van der Waals surface area contributed by atoms with Crippen LogP contribution in [0.1, 0.15) is 213 Å². The van der Waals surface area contributed by atoms with E-state index in [2.05, 4.69) is 153 Å². The fourth-order valence-corrected chi connectivity index (χ4v) is 17.0. The predicted molar refractivity (Wildman–Crippen MR) is 551 cm³/mol. The number of benzene rings is 12. The number of halogens is 12. The van der Waals surface area contributed by atoms with Crippen molar-refractivity contribution in [3.05, 3.63) is 412 Å². The summed E-state index contributed by atoms with van der Waals surface area (Å²) in [4.78, 5) is 53.2. The van der Waals surface area contributed by atoms with Gasteiger partial charge in [0, 0.05) is 109 Å². The van der Waals surface area contributed by atoms with Crippen molar-refractivity contribution in [2.45, 2.75) is 208 Å². The van der Waals surface area contributed by atoms with Crippen LogP contribution in [-0.4, -0.2) is 113 Å². The van der Waals surface area contributed by atoms with Gasteiger partial charge in [-0.3, -0.25) is 24.3 Å². The highest BCUT2D eigenvalue weighted by Gasteiger charge is 2.35. The number of nitrogens with one attached hydrogen (secondary N) is 4. The van der Waals surface area contributed by atoms with Crippen molar-refractivity contribution in [2.75, 3.05) is 63.2 Å². The second-order valence-corrected chi connectivity index (χ2v) is 38.2. The molecule has 12 aromatic carbocycles. The number of ether oxygens (including phenoxy) is 1. The highest BCUT2D eigenvalue weighted by atomic mass is 32.2. The Morgan fingerprint density at radius 2 is 0.593 bits per heavy atom. The monoisotopic (exact) mass is 2020 g/mol. The smallest absolute Gasteiger partial charge is 0.416 e. The average Bonchev–Trinajstić information content (AvgIpc) is 0.823. The summed E-state index contributed by atoms with van der Waals surface area (Å²) in [5, 5.41) is 41.1. The molecule has 0 aliphatic heterocycles. The van der Waals surface area contributed by atoms with Crippen LogP contribution in [0.2, 0.25) is 0 Å². The summed E-state index contributed by atoms with van der Waals surface area (Å²) in [6.07, 6.45) is -14.2. The highest BCUT2D eigenvalue weighted by Crippen LogP contribution is 2.37. The zero-order valence-corrected chi connectivity index (χ0v) is 84.5. The number of anilines is 1. The minimum atomic E-state index is -4.39. The van der Waals surface area contributed by atoms with Gasteiger partial charge in [0.2, 0.25) is 0 Å². The van der Waals surface area contributed by atoms with Crippen LogP contribution < -0.4 is 26.2 Å². The molecule has 7 N–H and O–H groups in total.